The van der Waals surface area contributed by atoms with Crippen LogP contribution < -0.4 is 0 Å². The summed E-state index contributed by atoms with van der Waals surface area (Å²) in [6.45, 7) is 11.9. The lowest BCUT2D eigenvalue weighted by molar-refractivity contribution is -0.246. The molecule has 0 bridgehead atoms. The summed E-state index contributed by atoms with van der Waals surface area (Å²) in [5.74, 6) is -5.84. The van der Waals surface area contributed by atoms with Crippen LogP contribution >= 0.6 is 0 Å². The number of rotatable bonds is 9. The van der Waals surface area contributed by atoms with Crippen LogP contribution in [-0.4, -0.2) is 85.5 Å². The van der Waals surface area contributed by atoms with E-state index in [0.717, 1.165) is 12.8 Å². The molecule has 0 amide bonds. The molecule has 8 unspecified atom stereocenters. The average Bonchev–Trinajstić information content (AvgIpc) is 3.76. The van der Waals surface area contributed by atoms with Crippen LogP contribution in [0, 0.1) is 35.0 Å². The van der Waals surface area contributed by atoms with Crippen LogP contribution in [0.25, 0.3) is 0 Å². The molecule has 230 valence electrons. The normalized spacial score (nSPS) is 47.5. The van der Waals surface area contributed by atoms with E-state index >= 15 is 0 Å². The predicted molar refractivity (Wildman–Crippen MR) is 145 cm³/mol. The lowest BCUT2D eigenvalue weighted by Gasteiger charge is -2.53. The maximum atomic E-state index is 13.4. The van der Waals surface area contributed by atoms with Crippen molar-refractivity contribution in [1.29, 1.82) is 0 Å². The summed E-state index contributed by atoms with van der Waals surface area (Å²) in [4.78, 5) is 40.0. The highest BCUT2D eigenvalue weighted by Gasteiger charge is 2.93. The molecule has 4 N–H and O–H groups in total. The second-order valence-electron chi connectivity index (χ2n) is 13.8. The summed E-state index contributed by atoms with van der Waals surface area (Å²) in [6, 6.07) is 0. The third kappa shape index (κ3) is 3.63. The van der Waals surface area contributed by atoms with Crippen LogP contribution in [-0.2, 0) is 28.6 Å². The first kappa shape index (κ1) is 30.6. The number of fused-ring (bicyclic) bond motifs is 7. The number of carbonyl (C=O) groups is 3. The summed E-state index contributed by atoms with van der Waals surface area (Å²) >= 11 is 0. The smallest absolute Gasteiger partial charge is 0.309 e. The van der Waals surface area contributed by atoms with E-state index in [1.807, 2.05) is 27.7 Å². The largest absolute Gasteiger partial charge is 0.458 e. The molecule has 1 saturated heterocycles. The van der Waals surface area contributed by atoms with Crippen LogP contribution in [0.1, 0.15) is 80.6 Å². The standard InChI is InChI=1S/C31H46O10/c1-8-10-11-12-19(33)39-23-17(5)29(37)18-13-16(4)22(34)30(18,38)26(36)28(14-32)24(40-28)20(29)21-27(6,7)31(21,23)41-25(35)15(3)9-2/h13,15,17-18,20-21,23-24,26,32,36-38H,8-12,14H2,1-7H3/t15?,17-,18+,20-,21+,23?,24?,26?,28?,29?,30?,31?/m1/s1. The van der Waals surface area contributed by atoms with Gasteiger partial charge in [-0.05, 0) is 25.3 Å². The first-order chi connectivity index (χ1) is 19.1. The molecule has 0 aromatic heterocycles. The molecule has 0 aromatic rings. The molecule has 1 aliphatic heterocycles. The van der Waals surface area contributed by atoms with E-state index in [1.165, 1.54) is 13.0 Å². The van der Waals surface area contributed by atoms with Crippen LogP contribution in [0.15, 0.2) is 11.6 Å². The molecule has 10 nitrogen and oxygen atoms in total. The molecule has 0 radical (unpaired) electrons. The zero-order valence-electron chi connectivity index (χ0n) is 25.2. The average molecular weight is 579 g/mol. The Morgan fingerprint density at radius 3 is 2.41 bits per heavy atom. The van der Waals surface area contributed by atoms with E-state index < -0.39 is 100 Å². The van der Waals surface area contributed by atoms with E-state index in [4.69, 9.17) is 14.2 Å². The van der Waals surface area contributed by atoms with Gasteiger partial charge in [-0.15, -0.1) is 0 Å². The van der Waals surface area contributed by atoms with E-state index in [-0.39, 0.29) is 12.0 Å². The van der Waals surface area contributed by atoms with E-state index in [2.05, 4.69) is 0 Å². The van der Waals surface area contributed by atoms with Gasteiger partial charge in [0.05, 0.1) is 24.2 Å². The molecule has 12 atom stereocenters. The van der Waals surface area contributed by atoms with Gasteiger partial charge in [0, 0.05) is 35.5 Å². The van der Waals surface area contributed by atoms with Gasteiger partial charge in [0.1, 0.15) is 17.8 Å². The van der Waals surface area contributed by atoms with Crippen molar-refractivity contribution in [1.82, 2.24) is 0 Å². The van der Waals surface area contributed by atoms with Gasteiger partial charge in [-0.3, -0.25) is 14.4 Å². The van der Waals surface area contributed by atoms with Crippen molar-refractivity contribution in [3.8, 4) is 0 Å². The molecule has 41 heavy (non-hydrogen) atoms. The number of Topliss-reactive ketones (excluding diaryl/α,β-unsaturated/α-hetero) is 1. The number of epoxide rings is 1. The number of carbonyl (C=O) groups excluding carboxylic acids is 3. The number of esters is 2. The molecule has 4 aliphatic carbocycles. The minimum atomic E-state index is -2.47. The quantitative estimate of drug-likeness (QED) is 0.180. The molecule has 3 saturated carbocycles. The third-order valence-electron chi connectivity index (χ3n) is 11.5. The van der Waals surface area contributed by atoms with Crippen molar-refractivity contribution in [2.45, 2.75) is 121 Å². The van der Waals surface area contributed by atoms with Gasteiger partial charge in [0.15, 0.2) is 17.0 Å². The van der Waals surface area contributed by atoms with Gasteiger partial charge in [-0.25, -0.2) is 0 Å². The van der Waals surface area contributed by atoms with Crippen LogP contribution in [0.3, 0.4) is 0 Å². The molecule has 1 heterocycles. The summed E-state index contributed by atoms with van der Waals surface area (Å²) in [5, 5.41) is 46.9. The van der Waals surface area contributed by atoms with Gasteiger partial charge < -0.3 is 34.6 Å². The SMILES string of the molecule is CCCCCC(=O)OC1[C@@H](C)C2(O)[C@@H]3C=C(C)C(=O)C3(O)C(O)C3(CO)OC3[C@H]2[C@H]2C(C)(C)C12OC(=O)C(C)CC. The number of hydrogen-bond donors (Lipinski definition) is 4. The fraction of sp³-hybridized carbons (Fsp3) is 0.839. The minimum Gasteiger partial charge on any atom is -0.458 e. The Labute approximate surface area is 241 Å². The molecule has 10 heteroatoms. The van der Waals surface area contributed by atoms with Gasteiger partial charge in [0.2, 0.25) is 0 Å². The Kier molecular flexibility index (Phi) is 7.15. The fourth-order valence-corrected chi connectivity index (χ4v) is 8.82. The van der Waals surface area contributed by atoms with E-state index in [0.29, 0.717) is 12.8 Å². The summed E-state index contributed by atoms with van der Waals surface area (Å²) in [7, 11) is 0. The molecule has 0 aromatic carbocycles. The van der Waals surface area contributed by atoms with Crippen molar-refractivity contribution in [3.63, 3.8) is 0 Å². The Bertz CT molecular complexity index is 1160. The lowest BCUT2D eigenvalue weighted by Crippen LogP contribution is -2.69. The number of unbranched alkanes of at least 4 members (excludes halogenated alkanes) is 2. The Morgan fingerprint density at radius 1 is 1.17 bits per heavy atom. The van der Waals surface area contributed by atoms with Crippen LogP contribution in [0.5, 0.6) is 0 Å². The fourth-order valence-electron chi connectivity index (χ4n) is 8.82. The van der Waals surface area contributed by atoms with E-state index in [9.17, 15) is 34.8 Å². The summed E-state index contributed by atoms with van der Waals surface area (Å²) in [6.07, 6.45) is 0.680. The predicted octanol–water partition coefficient (Wildman–Crippen LogP) is 1.84. The highest BCUT2D eigenvalue weighted by molar-refractivity contribution is 6.05. The third-order valence-corrected chi connectivity index (χ3v) is 11.5. The highest BCUT2D eigenvalue weighted by Crippen LogP contribution is 2.80. The van der Waals surface area contributed by atoms with Gasteiger partial charge in [-0.1, -0.05) is 60.5 Å². The van der Waals surface area contributed by atoms with Crippen molar-refractivity contribution in [3.05, 3.63) is 11.6 Å². The Hall–Kier alpha value is -1.85. The number of aliphatic hydroxyl groups excluding tert-OH is 2. The summed E-state index contributed by atoms with van der Waals surface area (Å²) in [5.41, 5.74) is -8.07. The molecular formula is C31H46O10. The second-order valence-corrected chi connectivity index (χ2v) is 13.8. The van der Waals surface area contributed by atoms with Gasteiger partial charge >= 0.3 is 11.9 Å². The molecule has 5 aliphatic rings. The topological polar surface area (TPSA) is 163 Å². The number of ketones is 1. The van der Waals surface area contributed by atoms with Crippen molar-refractivity contribution < 1.29 is 49.0 Å². The first-order valence-corrected chi connectivity index (χ1v) is 15.2. The number of hydrogen-bond acceptors (Lipinski definition) is 10. The van der Waals surface area contributed by atoms with Crippen LogP contribution in [0.2, 0.25) is 0 Å². The zero-order chi connectivity index (χ0) is 30.5. The van der Waals surface area contributed by atoms with Crippen LogP contribution in [0.4, 0.5) is 0 Å². The first-order valence-electron chi connectivity index (χ1n) is 15.2. The number of ether oxygens (including phenoxy) is 3. The maximum absolute atomic E-state index is 13.4. The molecule has 0 spiro atoms. The van der Waals surface area contributed by atoms with Crippen molar-refractivity contribution in [2.75, 3.05) is 6.61 Å². The van der Waals surface area contributed by atoms with Gasteiger partial charge in [-0.2, -0.15) is 0 Å². The highest BCUT2D eigenvalue weighted by atomic mass is 16.6. The Morgan fingerprint density at radius 2 is 1.83 bits per heavy atom. The minimum absolute atomic E-state index is 0.155. The Balaban J connectivity index is 1.68. The zero-order valence-corrected chi connectivity index (χ0v) is 25.2. The van der Waals surface area contributed by atoms with Crippen molar-refractivity contribution >= 4 is 17.7 Å². The maximum Gasteiger partial charge on any atom is 0.309 e. The van der Waals surface area contributed by atoms with Crippen molar-refractivity contribution in [2.24, 2.45) is 35.0 Å². The lowest BCUT2D eigenvalue weighted by atomic mass is 9.58. The van der Waals surface area contributed by atoms with E-state index in [1.54, 1.807) is 13.8 Å². The molecule has 5 rings (SSSR count). The number of aliphatic hydroxyl groups is 4. The molecular weight excluding hydrogens is 532 g/mol. The molecule has 4 fully saturated rings. The second kappa shape index (κ2) is 9.58. The van der Waals surface area contributed by atoms with Gasteiger partial charge in [0.25, 0.3) is 0 Å². The monoisotopic (exact) mass is 578 g/mol. The summed E-state index contributed by atoms with van der Waals surface area (Å²) < 4.78 is 18.5.